The summed E-state index contributed by atoms with van der Waals surface area (Å²) in [5.74, 6) is 0. The molecule has 0 spiro atoms. The Morgan fingerprint density at radius 2 is 0.635 bits per heavy atom. The predicted octanol–water partition coefficient (Wildman–Crippen LogP) is 5.85. The highest BCUT2D eigenvalue weighted by atomic mass is 14.9. The van der Waals surface area contributed by atoms with Crippen LogP contribution in [0.1, 0.15) is 22.8 Å². The van der Waals surface area contributed by atoms with Gasteiger partial charge in [0.25, 0.3) is 0 Å². The number of nitrogens with one attached hydrogen (secondary N) is 2. The Balaban J connectivity index is 1.48. The van der Waals surface area contributed by atoms with E-state index < -0.39 is 0 Å². The molecule has 0 aliphatic carbocycles. The molecule has 254 valence electrons. The third-order valence-electron chi connectivity index (χ3n) is 10.3. The summed E-state index contributed by atoms with van der Waals surface area (Å²) in [5, 5.41) is 0. The lowest BCUT2D eigenvalue weighted by Gasteiger charge is -2.05. The summed E-state index contributed by atoms with van der Waals surface area (Å²) in [5.41, 5.74) is 17.5. The number of H-pyrrole nitrogens is 2. The Kier molecular flexibility index (Phi) is 7.80. The molecule has 0 saturated heterocycles. The molecular formula is C44H42N8+4. The zero-order valence-corrected chi connectivity index (χ0v) is 30.1. The maximum atomic E-state index is 5.53. The lowest BCUT2D eigenvalue weighted by molar-refractivity contribution is -0.671. The van der Waals surface area contributed by atoms with Crippen LogP contribution < -0.4 is 18.3 Å². The zero-order chi connectivity index (χ0) is 35.3. The van der Waals surface area contributed by atoms with Crippen LogP contribution in [0.5, 0.6) is 0 Å². The Morgan fingerprint density at radius 3 is 0.865 bits per heavy atom. The number of pyridine rings is 4. The second kappa shape index (κ2) is 12.8. The normalized spacial score (nSPS) is 12.7. The van der Waals surface area contributed by atoms with E-state index in [0.717, 1.165) is 115 Å². The first kappa shape index (κ1) is 31.7. The van der Waals surface area contributed by atoms with Gasteiger partial charge in [0.2, 0.25) is 0 Å². The van der Waals surface area contributed by atoms with Gasteiger partial charge >= 0.3 is 0 Å². The van der Waals surface area contributed by atoms with Gasteiger partial charge in [0.1, 0.15) is 28.2 Å². The molecule has 9 rings (SSSR count). The van der Waals surface area contributed by atoms with Gasteiger partial charge in [-0.05, 0) is 74.2 Å². The van der Waals surface area contributed by atoms with Crippen LogP contribution in [0.4, 0.5) is 0 Å². The standard InChI is InChI=1S/C44H42N8/c1-49-21-5-9-29(25-49)41-33-13-15-35(45-33)42(30-10-6-22-50(2)26-30)37-17-19-39(47-37)44(32-12-8-24-52(4)28-32)40-20-18-38(48-40)43(36-16-14-34(41)46-36)31-11-7-23-51(3)27-31/h5-13,15,18,20-28,45,48H,14,16-17,19H2,1-4H3/q+4. The maximum Gasteiger partial charge on any atom is 0.176 e. The number of aromatic nitrogens is 8. The topological polar surface area (TPSA) is 72.9 Å². The molecule has 9 heterocycles. The third kappa shape index (κ3) is 5.76. The second-order valence-electron chi connectivity index (χ2n) is 14.1. The minimum absolute atomic E-state index is 0.835. The SMILES string of the molecule is C[n+]1cccc(-c2c3nc(c(-c4ccc[n+](C)c4)c4ccc([nH]4)c(-c4ccc[n+](C)c4)c4nc(c(-c5ccc[n+](C)c5)c5ccc2[nH]5)CC4)CC3)c1. The maximum absolute atomic E-state index is 5.53. The minimum atomic E-state index is 0.835. The first-order chi connectivity index (χ1) is 25.4. The van der Waals surface area contributed by atoms with E-state index in [2.05, 4.69) is 179 Å². The molecule has 2 aliphatic rings. The third-order valence-corrected chi connectivity index (χ3v) is 10.3. The molecule has 7 aromatic rings. The van der Waals surface area contributed by atoms with Crippen molar-refractivity contribution in [2.45, 2.75) is 25.7 Å². The largest absolute Gasteiger partial charge is 0.354 e. The van der Waals surface area contributed by atoms with Gasteiger partial charge < -0.3 is 9.97 Å². The van der Waals surface area contributed by atoms with Gasteiger partial charge in [0.15, 0.2) is 49.6 Å². The van der Waals surface area contributed by atoms with E-state index in [-0.39, 0.29) is 0 Å². The molecule has 0 fully saturated rings. The zero-order valence-electron chi connectivity index (χ0n) is 30.1. The van der Waals surface area contributed by atoms with Gasteiger partial charge in [-0.3, -0.25) is 9.97 Å². The second-order valence-corrected chi connectivity index (χ2v) is 14.1. The van der Waals surface area contributed by atoms with Crippen molar-refractivity contribution in [1.82, 2.24) is 19.9 Å². The number of hydrogen-bond donors (Lipinski definition) is 2. The lowest BCUT2D eigenvalue weighted by atomic mass is 10.0. The molecule has 2 N–H and O–H groups in total. The quantitative estimate of drug-likeness (QED) is 0.229. The van der Waals surface area contributed by atoms with Crippen LogP contribution in [-0.2, 0) is 53.9 Å². The van der Waals surface area contributed by atoms with Gasteiger partial charge in [-0.1, -0.05) is 0 Å². The highest BCUT2D eigenvalue weighted by Crippen LogP contribution is 2.37. The molecular weight excluding hydrogens is 641 g/mol. The molecule has 52 heavy (non-hydrogen) atoms. The fourth-order valence-electron chi connectivity index (χ4n) is 7.97. The molecule has 0 saturated carbocycles. The van der Waals surface area contributed by atoms with Crippen molar-refractivity contribution in [3.8, 4) is 44.5 Å². The van der Waals surface area contributed by atoms with E-state index in [1.54, 1.807) is 0 Å². The van der Waals surface area contributed by atoms with E-state index in [1.165, 1.54) is 0 Å². The van der Waals surface area contributed by atoms with E-state index in [1.807, 2.05) is 0 Å². The highest BCUT2D eigenvalue weighted by molar-refractivity contribution is 5.91. The summed E-state index contributed by atoms with van der Waals surface area (Å²) in [6, 6.07) is 26.1. The van der Waals surface area contributed by atoms with Gasteiger partial charge in [-0.2, -0.15) is 0 Å². The Labute approximate surface area is 303 Å². The fourth-order valence-corrected chi connectivity index (χ4v) is 7.97. The minimum Gasteiger partial charge on any atom is -0.354 e. The average molecular weight is 683 g/mol. The predicted molar refractivity (Wildman–Crippen MR) is 202 cm³/mol. The number of fused-ring (bicyclic) bond motifs is 8. The first-order valence-corrected chi connectivity index (χ1v) is 18.0. The van der Waals surface area contributed by atoms with Gasteiger partial charge in [0.05, 0.1) is 22.8 Å². The molecule has 0 radical (unpaired) electrons. The van der Waals surface area contributed by atoms with Crippen molar-refractivity contribution in [2.75, 3.05) is 0 Å². The summed E-state index contributed by atoms with van der Waals surface area (Å²) in [4.78, 5) is 18.9. The van der Waals surface area contributed by atoms with Crippen molar-refractivity contribution >= 4 is 22.1 Å². The summed E-state index contributed by atoms with van der Waals surface area (Å²) in [6.07, 6.45) is 20.4. The van der Waals surface area contributed by atoms with Crippen LogP contribution >= 0.6 is 0 Å². The van der Waals surface area contributed by atoms with Crippen LogP contribution in [0.2, 0.25) is 0 Å². The first-order valence-electron chi connectivity index (χ1n) is 18.0. The Morgan fingerprint density at radius 1 is 0.385 bits per heavy atom. The van der Waals surface area contributed by atoms with Gasteiger partial charge in [0, 0.05) is 90.8 Å². The summed E-state index contributed by atoms with van der Waals surface area (Å²) < 4.78 is 8.45. The van der Waals surface area contributed by atoms with E-state index in [9.17, 15) is 0 Å². The molecule has 0 unspecified atom stereocenters. The number of aromatic amines is 2. The monoisotopic (exact) mass is 682 g/mol. The fraction of sp³-hybridized carbons (Fsp3) is 0.182. The van der Waals surface area contributed by atoms with E-state index in [4.69, 9.17) is 9.97 Å². The van der Waals surface area contributed by atoms with Gasteiger partial charge in [-0.15, -0.1) is 0 Å². The number of aryl methyl sites for hydroxylation is 8. The summed E-state index contributed by atoms with van der Waals surface area (Å²) in [6.45, 7) is 0. The van der Waals surface area contributed by atoms with Crippen molar-refractivity contribution in [3.05, 3.63) is 145 Å². The van der Waals surface area contributed by atoms with Crippen molar-refractivity contribution < 1.29 is 18.3 Å². The molecule has 7 aromatic heterocycles. The lowest BCUT2D eigenvalue weighted by Crippen LogP contribution is -2.26. The molecule has 8 heteroatoms. The van der Waals surface area contributed by atoms with Crippen molar-refractivity contribution in [1.29, 1.82) is 0 Å². The molecule has 8 nitrogen and oxygen atoms in total. The smallest absolute Gasteiger partial charge is 0.176 e. The molecule has 2 aliphatic heterocycles. The average Bonchev–Trinajstić information content (AvgIpc) is 3.96. The van der Waals surface area contributed by atoms with Gasteiger partial charge in [-0.25, -0.2) is 18.3 Å². The number of rotatable bonds is 4. The Hall–Kier alpha value is -6.28. The number of hydrogen-bond acceptors (Lipinski definition) is 2. The van der Waals surface area contributed by atoms with E-state index >= 15 is 0 Å². The molecule has 0 amide bonds. The highest BCUT2D eigenvalue weighted by Gasteiger charge is 2.24. The van der Waals surface area contributed by atoms with E-state index in [0.29, 0.717) is 0 Å². The van der Waals surface area contributed by atoms with Crippen molar-refractivity contribution in [2.24, 2.45) is 28.2 Å². The summed E-state index contributed by atoms with van der Waals surface area (Å²) in [7, 11) is 8.30. The van der Waals surface area contributed by atoms with Crippen LogP contribution in [0.25, 0.3) is 66.6 Å². The molecule has 0 atom stereocenters. The number of nitrogens with zero attached hydrogens (tertiary/aromatic N) is 6. The van der Waals surface area contributed by atoms with Crippen molar-refractivity contribution in [3.63, 3.8) is 0 Å². The molecule has 8 bridgehead atoms. The summed E-state index contributed by atoms with van der Waals surface area (Å²) >= 11 is 0. The van der Waals surface area contributed by atoms with Crippen LogP contribution in [0.15, 0.2) is 122 Å². The van der Waals surface area contributed by atoms with Crippen LogP contribution in [-0.4, -0.2) is 19.9 Å². The Bertz CT molecular complexity index is 2340. The van der Waals surface area contributed by atoms with Crippen LogP contribution in [0, 0.1) is 0 Å². The van der Waals surface area contributed by atoms with Crippen LogP contribution in [0.3, 0.4) is 0 Å². The molecule has 0 aromatic carbocycles.